The van der Waals surface area contributed by atoms with Crippen molar-refractivity contribution in [1.29, 1.82) is 0 Å². The summed E-state index contributed by atoms with van der Waals surface area (Å²) in [4.78, 5) is 12.5. The lowest BCUT2D eigenvalue weighted by atomic mass is 10.0. The zero-order valence-corrected chi connectivity index (χ0v) is 44.3. The maximum Gasteiger partial charge on any atom is 0.220 e. The Morgan fingerprint density at radius 1 is 0.312 bits per heavy atom. The second-order valence-electron chi connectivity index (χ2n) is 21.1. The molecule has 0 heterocycles. The molecule has 0 aliphatic rings. The van der Waals surface area contributed by atoms with Gasteiger partial charge < -0.3 is 15.5 Å². The number of unbranched alkanes of at least 4 members (excludes halogenated alkanes) is 50. The van der Waals surface area contributed by atoms with Crippen molar-refractivity contribution < 1.29 is 15.0 Å². The van der Waals surface area contributed by atoms with Crippen LogP contribution >= 0.6 is 0 Å². The van der Waals surface area contributed by atoms with E-state index in [1.54, 1.807) is 0 Å². The molecular formula is C60H121NO3. The van der Waals surface area contributed by atoms with Crippen LogP contribution in [0.5, 0.6) is 0 Å². The number of carbonyl (C=O) groups is 1. The fraction of sp³-hybridized carbons (Fsp3) is 0.983. The Labute approximate surface area is 404 Å². The van der Waals surface area contributed by atoms with Gasteiger partial charge in [0, 0.05) is 6.42 Å². The molecular weight excluding hydrogens is 783 g/mol. The van der Waals surface area contributed by atoms with Crippen molar-refractivity contribution >= 4 is 5.91 Å². The average molecular weight is 905 g/mol. The summed E-state index contributed by atoms with van der Waals surface area (Å²) in [6.07, 6.45) is 72.6. The average Bonchev–Trinajstić information content (AvgIpc) is 3.30. The van der Waals surface area contributed by atoms with Gasteiger partial charge in [0.2, 0.25) is 5.91 Å². The Hall–Kier alpha value is -0.610. The summed E-state index contributed by atoms with van der Waals surface area (Å²) in [5.41, 5.74) is 0. The molecule has 0 saturated carbocycles. The highest BCUT2D eigenvalue weighted by atomic mass is 16.3. The maximum atomic E-state index is 12.5. The van der Waals surface area contributed by atoms with Gasteiger partial charge in [-0.15, -0.1) is 0 Å². The lowest BCUT2D eigenvalue weighted by Gasteiger charge is -2.22. The summed E-state index contributed by atoms with van der Waals surface area (Å²) in [7, 11) is 0. The number of carbonyl (C=O) groups excluding carboxylic acids is 1. The highest BCUT2D eigenvalue weighted by Gasteiger charge is 2.20. The zero-order chi connectivity index (χ0) is 46.3. The van der Waals surface area contributed by atoms with Gasteiger partial charge in [-0.3, -0.25) is 4.79 Å². The number of hydrogen-bond donors (Lipinski definition) is 3. The van der Waals surface area contributed by atoms with Gasteiger partial charge in [0.1, 0.15) is 0 Å². The fourth-order valence-electron chi connectivity index (χ4n) is 10.0. The van der Waals surface area contributed by atoms with E-state index < -0.39 is 12.1 Å². The first-order valence-corrected chi connectivity index (χ1v) is 30.2. The lowest BCUT2D eigenvalue weighted by Crippen LogP contribution is -2.45. The van der Waals surface area contributed by atoms with Crippen LogP contribution in [-0.2, 0) is 4.79 Å². The van der Waals surface area contributed by atoms with Gasteiger partial charge in [-0.2, -0.15) is 0 Å². The summed E-state index contributed by atoms with van der Waals surface area (Å²) in [6.45, 7) is 4.41. The molecule has 0 aromatic rings. The van der Waals surface area contributed by atoms with Crippen LogP contribution in [0.25, 0.3) is 0 Å². The van der Waals surface area contributed by atoms with Crippen LogP contribution in [0, 0.1) is 0 Å². The van der Waals surface area contributed by atoms with Gasteiger partial charge >= 0.3 is 0 Å². The standard InChI is InChI=1S/C60H121NO3/c1-3-5-7-9-11-13-15-17-19-21-23-25-27-29-30-31-32-34-36-38-40-42-44-46-48-50-52-54-56-60(64)61-58(57-62)59(63)55-53-51-49-47-45-43-41-39-37-35-33-28-26-24-22-20-18-16-14-12-10-8-6-4-2/h58-59,62-63H,3-57H2,1-2H3,(H,61,64). The van der Waals surface area contributed by atoms with Gasteiger partial charge in [0.25, 0.3) is 0 Å². The van der Waals surface area contributed by atoms with Crippen LogP contribution in [0.1, 0.15) is 361 Å². The molecule has 64 heavy (non-hydrogen) atoms. The topological polar surface area (TPSA) is 69.6 Å². The summed E-state index contributed by atoms with van der Waals surface area (Å²) < 4.78 is 0. The monoisotopic (exact) mass is 904 g/mol. The summed E-state index contributed by atoms with van der Waals surface area (Å²) >= 11 is 0. The van der Waals surface area contributed by atoms with Gasteiger partial charge in [0.15, 0.2) is 0 Å². The number of aliphatic hydroxyl groups is 2. The van der Waals surface area contributed by atoms with Crippen molar-refractivity contribution in [2.24, 2.45) is 0 Å². The van der Waals surface area contributed by atoms with Gasteiger partial charge in [-0.25, -0.2) is 0 Å². The van der Waals surface area contributed by atoms with Crippen LogP contribution in [0.15, 0.2) is 0 Å². The van der Waals surface area contributed by atoms with E-state index in [0.29, 0.717) is 12.8 Å². The summed E-state index contributed by atoms with van der Waals surface area (Å²) in [5, 5.41) is 23.4. The van der Waals surface area contributed by atoms with Crippen LogP contribution < -0.4 is 5.32 Å². The van der Waals surface area contributed by atoms with E-state index >= 15 is 0 Å². The number of rotatable bonds is 57. The molecule has 0 aliphatic carbocycles. The van der Waals surface area contributed by atoms with Crippen molar-refractivity contribution in [3.63, 3.8) is 0 Å². The molecule has 0 aromatic heterocycles. The molecule has 2 atom stereocenters. The molecule has 0 spiro atoms. The molecule has 0 aromatic carbocycles. The predicted octanol–water partition coefficient (Wildman–Crippen LogP) is 19.9. The minimum Gasteiger partial charge on any atom is -0.394 e. The fourth-order valence-corrected chi connectivity index (χ4v) is 10.0. The van der Waals surface area contributed by atoms with E-state index in [1.165, 1.54) is 308 Å². The van der Waals surface area contributed by atoms with E-state index in [-0.39, 0.29) is 12.5 Å². The highest BCUT2D eigenvalue weighted by Crippen LogP contribution is 2.19. The largest absolute Gasteiger partial charge is 0.394 e. The SMILES string of the molecule is CCCCCCCCCCCCCCCCCCCCCCCCCCCCCCC(=O)NC(CO)C(O)CCCCCCCCCCCCCCCCCCCCCCCCCC. The van der Waals surface area contributed by atoms with Crippen molar-refractivity contribution in [3.05, 3.63) is 0 Å². The highest BCUT2D eigenvalue weighted by molar-refractivity contribution is 5.76. The van der Waals surface area contributed by atoms with E-state index in [2.05, 4.69) is 19.2 Å². The molecule has 1 amide bonds. The number of nitrogens with one attached hydrogen (secondary N) is 1. The first-order valence-electron chi connectivity index (χ1n) is 30.2. The minimum absolute atomic E-state index is 0.0208. The van der Waals surface area contributed by atoms with E-state index in [9.17, 15) is 15.0 Å². The molecule has 2 unspecified atom stereocenters. The molecule has 0 fully saturated rings. The second-order valence-corrected chi connectivity index (χ2v) is 21.1. The number of hydrogen-bond acceptors (Lipinski definition) is 3. The van der Waals surface area contributed by atoms with Gasteiger partial charge in [0.05, 0.1) is 18.8 Å². The maximum absolute atomic E-state index is 12.5. The normalized spacial score (nSPS) is 12.6. The van der Waals surface area contributed by atoms with E-state index in [0.717, 1.165) is 25.7 Å². The van der Waals surface area contributed by atoms with E-state index in [1.807, 2.05) is 0 Å². The molecule has 4 heteroatoms. The zero-order valence-electron chi connectivity index (χ0n) is 44.3. The van der Waals surface area contributed by atoms with Gasteiger partial charge in [-0.1, -0.05) is 341 Å². The van der Waals surface area contributed by atoms with E-state index in [4.69, 9.17) is 0 Å². The van der Waals surface area contributed by atoms with Crippen LogP contribution in [-0.4, -0.2) is 34.9 Å². The smallest absolute Gasteiger partial charge is 0.220 e. The molecule has 0 saturated heterocycles. The second kappa shape index (κ2) is 56.7. The van der Waals surface area contributed by atoms with Crippen molar-refractivity contribution in [3.8, 4) is 0 Å². The molecule has 4 nitrogen and oxygen atoms in total. The molecule has 0 radical (unpaired) electrons. The third-order valence-electron chi connectivity index (χ3n) is 14.6. The summed E-state index contributed by atoms with van der Waals surface area (Å²) in [5.74, 6) is -0.0208. The predicted molar refractivity (Wildman–Crippen MR) is 286 cm³/mol. The molecule has 0 rings (SSSR count). The summed E-state index contributed by atoms with van der Waals surface area (Å²) in [6, 6.07) is -0.532. The molecule has 0 aliphatic heterocycles. The Balaban J connectivity index is 3.38. The third kappa shape index (κ3) is 52.4. The van der Waals surface area contributed by atoms with Crippen molar-refractivity contribution in [2.75, 3.05) is 6.61 Å². The molecule has 0 bridgehead atoms. The van der Waals surface area contributed by atoms with Crippen molar-refractivity contribution in [1.82, 2.24) is 5.32 Å². The van der Waals surface area contributed by atoms with Crippen LogP contribution in [0.4, 0.5) is 0 Å². The Morgan fingerprint density at radius 2 is 0.500 bits per heavy atom. The van der Waals surface area contributed by atoms with Gasteiger partial charge in [-0.05, 0) is 12.8 Å². The van der Waals surface area contributed by atoms with Crippen molar-refractivity contribution in [2.45, 2.75) is 373 Å². The lowest BCUT2D eigenvalue weighted by molar-refractivity contribution is -0.123. The number of amides is 1. The Kier molecular flexibility index (Phi) is 56.2. The quantitative estimate of drug-likeness (QED) is 0.0533. The number of aliphatic hydroxyl groups excluding tert-OH is 2. The van der Waals surface area contributed by atoms with Crippen LogP contribution in [0.3, 0.4) is 0 Å². The molecule has 384 valence electrons. The first-order chi connectivity index (χ1) is 31.7. The molecule has 3 N–H and O–H groups in total. The Morgan fingerprint density at radius 3 is 0.703 bits per heavy atom. The Bertz CT molecular complexity index is 849. The minimum atomic E-state index is -0.655. The van der Waals surface area contributed by atoms with Crippen LogP contribution in [0.2, 0.25) is 0 Å². The first kappa shape index (κ1) is 63.4. The third-order valence-corrected chi connectivity index (χ3v) is 14.6.